The smallest absolute Gasteiger partial charge is 0.352 e. The number of carboxylic acid groups (broad SMARTS) is 1. The van der Waals surface area contributed by atoms with Crippen LogP contribution in [0.25, 0.3) is 5.52 Å². The summed E-state index contributed by atoms with van der Waals surface area (Å²) in [5, 5.41) is 33.9. The lowest BCUT2D eigenvalue weighted by molar-refractivity contribution is -0.746. The van der Waals surface area contributed by atoms with Crippen molar-refractivity contribution in [3.8, 4) is 0 Å². The maximum Gasteiger partial charge on any atom is 0.352 e. The number of oxime groups is 1. The summed E-state index contributed by atoms with van der Waals surface area (Å²) in [5.41, 5.74) is 6.37. The molecule has 2 aliphatic heterocycles. The highest BCUT2D eigenvalue weighted by Crippen LogP contribution is 2.40. The maximum atomic E-state index is 12.9. The molecule has 0 radical (unpaired) electrons. The third kappa shape index (κ3) is 3.61. The van der Waals surface area contributed by atoms with Gasteiger partial charge >= 0.3 is 5.97 Å². The van der Waals surface area contributed by atoms with Crippen molar-refractivity contribution in [3.05, 3.63) is 47.1 Å². The lowest BCUT2D eigenvalue weighted by Crippen LogP contribution is -2.71. The molecule has 1 saturated heterocycles. The monoisotopic (exact) mass is 502 g/mol. The minimum Gasteiger partial charge on any atom is -0.477 e. The van der Waals surface area contributed by atoms with Gasteiger partial charge in [-0.05, 0) is 6.07 Å². The predicted octanol–water partition coefficient (Wildman–Crippen LogP) is -1.33. The zero-order valence-electron chi connectivity index (χ0n) is 17.1. The van der Waals surface area contributed by atoms with E-state index in [-0.39, 0.29) is 23.1 Å². The Bertz CT molecular complexity index is 1400. The third-order valence-corrected chi connectivity index (χ3v) is 7.27. The average Bonchev–Trinajstić information content (AvgIpc) is 3.46. The molecule has 0 spiro atoms. The number of rotatable bonds is 6. The summed E-state index contributed by atoms with van der Waals surface area (Å²) < 4.78 is 3.15. The molecule has 2 aliphatic rings. The number of aliphatic carboxylic acids is 1. The van der Waals surface area contributed by atoms with Crippen molar-refractivity contribution >= 4 is 57.2 Å². The lowest BCUT2D eigenvalue weighted by atomic mass is 10.0. The van der Waals surface area contributed by atoms with Gasteiger partial charge in [0.1, 0.15) is 28.3 Å². The van der Waals surface area contributed by atoms with E-state index in [0.29, 0.717) is 11.3 Å². The van der Waals surface area contributed by atoms with Crippen LogP contribution in [0.15, 0.2) is 46.6 Å². The fourth-order valence-corrected chi connectivity index (χ4v) is 5.61. The normalized spacial score (nSPS) is 20.3. The summed E-state index contributed by atoms with van der Waals surface area (Å²) in [4.78, 5) is 42.6. The van der Waals surface area contributed by atoms with Crippen molar-refractivity contribution in [1.82, 2.24) is 29.9 Å². The van der Waals surface area contributed by atoms with E-state index >= 15 is 0 Å². The number of carboxylic acids is 1. The van der Waals surface area contributed by atoms with Crippen LogP contribution in [-0.4, -0.2) is 75.6 Å². The van der Waals surface area contributed by atoms with Gasteiger partial charge < -0.3 is 21.4 Å². The van der Waals surface area contributed by atoms with Crippen molar-refractivity contribution in [3.63, 3.8) is 0 Å². The number of carbonyl (C=O) groups is 3. The molecule has 174 valence electrons. The number of fused-ring (bicyclic) bond motifs is 2. The zero-order chi connectivity index (χ0) is 24.0. The van der Waals surface area contributed by atoms with Crippen LogP contribution in [0.5, 0.6) is 0 Å². The highest BCUT2D eigenvalue weighted by molar-refractivity contribution is 8.00. The summed E-state index contributed by atoms with van der Waals surface area (Å²) in [7, 11) is 0. The van der Waals surface area contributed by atoms with Crippen LogP contribution >= 0.6 is 23.1 Å². The number of β-lactam (4-membered cyclic amide) rings is 1. The Morgan fingerprint density at radius 1 is 1.41 bits per heavy atom. The molecule has 5 rings (SSSR count). The molecule has 0 aromatic carbocycles. The Labute approximate surface area is 198 Å². The molecular weight excluding hydrogens is 486 g/mol. The number of hydrogen-bond donors (Lipinski definition) is 4. The fraction of sp³-hybridized carbons (Fsp3) is 0.222. The van der Waals surface area contributed by atoms with Crippen LogP contribution in [-0.2, 0) is 20.9 Å². The van der Waals surface area contributed by atoms with Crippen molar-refractivity contribution in [2.24, 2.45) is 5.16 Å². The van der Waals surface area contributed by atoms with Crippen LogP contribution < -0.4 is 15.7 Å². The number of nitrogen functional groups attached to an aromatic ring is 1. The summed E-state index contributed by atoms with van der Waals surface area (Å²) in [5.74, 6) is -2.35. The van der Waals surface area contributed by atoms with Crippen LogP contribution in [0.2, 0.25) is 0 Å². The molecule has 2 atom stereocenters. The number of amides is 2. The minimum absolute atomic E-state index is 0.0653. The molecular formula is C18H16N9O5S2+. The first-order chi connectivity index (χ1) is 16.4. The molecule has 3 aromatic heterocycles. The van der Waals surface area contributed by atoms with E-state index in [4.69, 9.17) is 5.73 Å². The number of anilines is 1. The van der Waals surface area contributed by atoms with Crippen molar-refractivity contribution in [2.45, 2.75) is 18.0 Å². The fourth-order valence-electron chi connectivity index (χ4n) is 3.73. The molecule has 0 saturated carbocycles. The van der Waals surface area contributed by atoms with Crippen molar-refractivity contribution in [1.29, 1.82) is 0 Å². The Balaban J connectivity index is 1.35. The van der Waals surface area contributed by atoms with E-state index in [1.54, 1.807) is 27.7 Å². The van der Waals surface area contributed by atoms with Gasteiger partial charge in [0.2, 0.25) is 6.20 Å². The van der Waals surface area contributed by atoms with Gasteiger partial charge in [0.15, 0.2) is 23.7 Å². The molecule has 5 heterocycles. The first kappa shape index (κ1) is 21.8. The highest BCUT2D eigenvalue weighted by Gasteiger charge is 2.54. The van der Waals surface area contributed by atoms with Gasteiger partial charge in [-0.1, -0.05) is 9.84 Å². The van der Waals surface area contributed by atoms with E-state index in [0.717, 1.165) is 21.8 Å². The SMILES string of the molecule is Nc1nc(/C(=N/O)C(=O)NC2C(=O)N3C(C(=O)O)=C(C[n+]4cc5ccnn5cn4)CSC23)cs1. The molecule has 3 aromatic rings. The van der Waals surface area contributed by atoms with Gasteiger partial charge in [0.25, 0.3) is 11.8 Å². The zero-order valence-corrected chi connectivity index (χ0v) is 18.7. The summed E-state index contributed by atoms with van der Waals surface area (Å²) in [6.07, 6.45) is 4.84. The predicted molar refractivity (Wildman–Crippen MR) is 118 cm³/mol. The van der Waals surface area contributed by atoms with Gasteiger partial charge in [-0.15, -0.1) is 23.1 Å². The highest BCUT2D eigenvalue weighted by atomic mass is 32.2. The summed E-state index contributed by atoms with van der Waals surface area (Å²) >= 11 is 2.37. The molecule has 5 N–H and O–H groups in total. The van der Waals surface area contributed by atoms with Crippen LogP contribution in [0.3, 0.4) is 0 Å². The number of aromatic nitrogens is 5. The summed E-state index contributed by atoms with van der Waals surface area (Å²) in [6, 6.07) is 0.793. The Morgan fingerprint density at radius 2 is 2.24 bits per heavy atom. The number of nitrogens with two attached hydrogens (primary N) is 1. The van der Waals surface area contributed by atoms with Gasteiger partial charge in [0.05, 0.1) is 6.20 Å². The van der Waals surface area contributed by atoms with Crippen molar-refractivity contribution < 1.29 is 29.4 Å². The van der Waals surface area contributed by atoms with E-state index in [2.05, 4.69) is 25.7 Å². The second kappa shape index (κ2) is 8.38. The number of hydrogen-bond acceptors (Lipinski definition) is 11. The molecule has 2 amide bonds. The minimum atomic E-state index is -1.25. The molecule has 0 aliphatic carbocycles. The third-order valence-electron chi connectivity index (χ3n) is 5.26. The first-order valence-corrected chi connectivity index (χ1v) is 11.6. The summed E-state index contributed by atoms with van der Waals surface area (Å²) in [6.45, 7) is 0.163. The van der Waals surface area contributed by atoms with Crippen molar-refractivity contribution in [2.75, 3.05) is 11.5 Å². The Morgan fingerprint density at radius 3 is 2.94 bits per heavy atom. The van der Waals surface area contributed by atoms with Crippen LogP contribution in [0, 0.1) is 0 Å². The molecule has 1 fully saturated rings. The second-order valence-corrected chi connectivity index (χ2v) is 9.29. The van der Waals surface area contributed by atoms with Crippen LogP contribution in [0.4, 0.5) is 5.13 Å². The topological polar surface area (TPSA) is 192 Å². The van der Waals surface area contributed by atoms with E-state index < -0.39 is 34.9 Å². The lowest BCUT2D eigenvalue weighted by Gasteiger charge is -2.49. The standard InChI is InChI=1S/C18H15N9O5S2/c19-18-22-10(6-34-18)11(24-32)14(28)23-12-15(29)27-13(17(30)31)8(5-33-16(12)27)3-25-4-9-1-2-20-26(9)7-21-25/h1-2,4,6-7,12,16H,3,5H2,(H4-,19,22,23,28,30,31,32)/p+1. The van der Waals surface area contributed by atoms with E-state index in [1.807, 2.05) is 0 Å². The number of carbonyl (C=O) groups excluding carboxylic acids is 2. The molecule has 34 heavy (non-hydrogen) atoms. The molecule has 2 unspecified atom stereocenters. The second-order valence-electron chi connectivity index (χ2n) is 7.30. The molecule has 0 bridgehead atoms. The molecule has 14 nitrogen and oxygen atoms in total. The number of thioether (sulfide) groups is 1. The first-order valence-electron chi connectivity index (χ1n) is 9.70. The number of thiazole rings is 1. The largest absolute Gasteiger partial charge is 0.477 e. The van der Waals surface area contributed by atoms with E-state index in [1.165, 1.54) is 23.5 Å². The van der Waals surface area contributed by atoms with Crippen LogP contribution in [0.1, 0.15) is 5.69 Å². The van der Waals surface area contributed by atoms with Gasteiger partial charge in [-0.3, -0.25) is 14.5 Å². The number of nitrogens with zero attached hydrogens (tertiary/aromatic N) is 7. The Kier molecular flexibility index (Phi) is 5.37. The van der Waals surface area contributed by atoms with Gasteiger partial charge in [-0.2, -0.15) is 5.10 Å². The van der Waals surface area contributed by atoms with Gasteiger partial charge in [-0.25, -0.2) is 14.3 Å². The average molecular weight is 503 g/mol. The molecule has 16 heteroatoms. The maximum absolute atomic E-state index is 12.9. The van der Waals surface area contributed by atoms with E-state index in [9.17, 15) is 24.7 Å². The quantitative estimate of drug-likeness (QED) is 0.103. The number of nitrogens with one attached hydrogen (secondary N) is 1. The Hall–Kier alpha value is -4.05. The van der Waals surface area contributed by atoms with Gasteiger partial charge in [0, 0.05) is 21.8 Å².